The van der Waals surface area contributed by atoms with Crippen molar-refractivity contribution in [1.29, 1.82) is 0 Å². The summed E-state index contributed by atoms with van der Waals surface area (Å²) in [5.41, 5.74) is 26.4. The van der Waals surface area contributed by atoms with Crippen LogP contribution in [-0.4, -0.2) is 0 Å². The second-order valence-corrected chi connectivity index (χ2v) is 31.2. The van der Waals surface area contributed by atoms with Gasteiger partial charge in [0, 0.05) is 0 Å². The van der Waals surface area contributed by atoms with Gasteiger partial charge in [0.2, 0.25) is 0 Å². The third kappa shape index (κ3) is 14.2. The van der Waals surface area contributed by atoms with Gasteiger partial charge in [0.15, 0.2) is 0 Å². The van der Waals surface area contributed by atoms with Gasteiger partial charge in [0.1, 0.15) is 0 Å². The predicted octanol–water partition coefficient (Wildman–Crippen LogP) is 30.4. The van der Waals surface area contributed by atoms with Gasteiger partial charge < -0.3 is 0 Å². The topological polar surface area (TPSA) is 0 Å². The molecule has 0 fully saturated rings. The Balaban J connectivity index is 0.000000114. The van der Waals surface area contributed by atoms with Gasteiger partial charge in [-0.15, -0.1) is 0 Å². The summed E-state index contributed by atoms with van der Waals surface area (Å²) in [6.45, 7) is 26.6. The molecule has 0 nitrogen and oxygen atoms in total. The fourth-order valence-electron chi connectivity index (χ4n) is 15.6. The number of fused-ring (bicyclic) bond motifs is 8. The van der Waals surface area contributed by atoms with Crippen LogP contribution in [0.5, 0.6) is 0 Å². The summed E-state index contributed by atoms with van der Waals surface area (Å²) in [6, 6.07) is 124. The summed E-state index contributed by atoms with van der Waals surface area (Å²) in [4.78, 5) is 0. The fourth-order valence-corrected chi connectivity index (χ4v) is 15.6. The highest BCUT2D eigenvalue weighted by molar-refractivity contribution is 6.23. The van der Waals surface area contributed by atoms with Crippen molar-refractivity contribution in [3.63, 3.8) is 0 Å². The predicted molar refractivity (Wildman–Crippen MR) is 464 cm³/mol. The minimum atomic E-state index is 0.0951. The third-order valence-corrected chi connectivity index (χ3v) is 21.3. The number of aryl methyl sites for hydroxylation is 6. The smallest absolute Gasteiger partial charge is 0.00263 e. The van der Waals surface area contributed by atoms with Crippen molar-refractivity contribution < 1.29 is 0 Å². The van der Waals surface area contributed by atoms with E-state index in [-0.39, 0.29) is 10.8 Å². The molecule has 0 saturated carbocycles. The molecule has 0 radical (unpaired) electrons. The van der Waals surface area contributed by atoms with Gasteiger partial charge in [-0.05, 0) is 235 Å². The molecule has 0 bridgehead atoms. The molecule has 516 valence electrons. The Bertz CT molecular complexity index is 6260. The summed E-state index contributed by atoms with van der Waals surface area (Å²) >= 11 is 0. The van der Waals surface area contributed by atoms with E-state index in [0.717, 1.165) is 0 Å². The van der Waals surface area contributed by atoms with E-state index < -0.39 is 0 Å². The van der Waals surface area contributed by atoms with Crippen molar-refractivity contribution in [2.45, 2.75) is 93.9 Å². The number of hydrogen-bond donors (Lipinski definition) is 0. The van der Waals surface area contributed by atoms with E-state index in [1.165, 1.54) is 197 Å². The summed E-state index contributed by atoms with van der Waals surface area (Å²) in [5.74, 6) is 0. The summed E-state index contributed by atoms with van der Waals surface area (Å²) in [7, 11) is 0. The van der Waals surface area contributed by atoms with Gasteiger partial charge in [0.05, 0.1) is 0 Å². The van der Waals surface area contributed by atoms with Crippen molar-refractivity contribution in [3.8, 4) is 66.8 Å². The van der Waals surface area contributed by atoms with Crippen LogP contribution in [0.1, 0.15) is 86.1 Å². The maximum absolute atomic E-state index is 2.42. The lowest BCUT2D eigenvalue weighted by atomic mass is 9.81. The van der Waals surface area contributed by atoms with Crippen LogP contribution in [0.25, 0.3) is 153 Å². The first kappa shape index (κ1) is 69.7. The average Bonchev–Trinajstić information content (AvgIpc) is 0.749. The Hall–Kier alpha value is -12.0. The number of rotatable bonds is 6. The second-order valence-electron chi connectivity index (χ2n) is 31.2. The molecule has 0 aromatic heterocycles. The van der Waals surface area contributed by atoms with E-state index in [1.807, 2.05) is 0 Å². The molecular weight excluding hydrogens is 1270 g/mol. The molecule has 0 atom stereocenters. The van der Waals surface area contributed by atoms with Gasteiger partial charge in [0.25, 0.3) is 0 Å². The minimum absolute atomic E-state index is 0.0951. The molecule has 0 N–H and O–H groups in total. The van der Waals surface area contributed by atoms with Crippen LogP contribution in [0.15, 0.2) is 340 Å². The number of benzene rings is 18. The maximum atomic E-state index is 2.42. The summed E-state index contributed by atoms with van der Waals surface area (Å²) in [6.07, 6.45) is 0. The molecule has 0 amide bonds. The molecule has 0 spiro atoms. The van der Waals surface area contributed by atoms with Gasteiger partial charge in [-0.1, -0.05) is 396 Å². The second kappa shape index (κ2) is 29.3. The molecule has 0 heterocycles. The highest BCUT2D eigenvalue weighted by Crippen LogP contribution is 2.48. The average molecular weight is 1370 g/mol. The van der Waals surface area contributed by atoms with Crippen LogP contribution < -0.4 is 0 Å². The van der Waals surface area contributed by atoms with Gasteiger partial charge in [-0.25, -0.2) is 0 Å². The molecule has 18 aromatic rings. The SMILES string of the molecule is Cc1ccc(-c2c3ccccc3c(-c3ccccc3)c3cc(C(C)(C)C)ccc23)cc1.Cc1ccc(-c2c3ccccc3c(-c3ccccc3)c3cc(C)ccc23)cc1.Cc1ccc(-c2c3ccccc3cc3cc(C(C)(C)C)ccc23)cc1.Cc1ccc(-c2c3ccccc3cc3cc(C)ccc23)cc1. The van der Waals surface area contributed by atoms with Crippen LogP contribution in [0.3, 0.4) is 0 Å². The van der Waals surface area contributed by atoms with Crippen LogP contribution in [0, 0.1) is 41.5 Å². The van der Waals surface area contributed by atoms with E-state index in [4.69, 9.17) is 0 Å². The first-order chi connectivity index (χ1) is 51.3. The van der Waals surface area contributed by atoms with Crippen molar-refractivity contribution in [2.75, 3.05) is 0 Å². The van der Waals surface area contributed by atoms with Gasteiger partial charge in [-0.2, -0.15) is 0 Å². The molecule has 18 aromatic carbocycles. The Morgan fingerprint density at radius 3 is 0.764 bits per heavy atom. The lowest BCUT2D eigenvalue weighted by molar-refractivity contribution is 0.591. The summed E-state index contributed by atoms with van der Waals surface area (Å²) < 4.78 is 0. The molecule has 106 heavy (non-hydrogen) atoms. The van der Waals surface area contributed by atoms with Crippen molar-refractivity contribution in [3.05, 3.63) is 384 Å². The van der Waals surface area contributed by atoms with E-state index >= 15 is 0 Å². The molecule has 0 aliphatic heterocycles. The Labute approximate surface area is 627 Å². The first-order valence-electron chi connectivity index (χ1n) is 37.5. The molecule has 18 rings (SSSR count). The number of hydrogen-bond acceptors (Lipinski definition) is 0. The Morgan fingerprint density at radius 2 is 0.387 bits per heavy atom. The quantitative estimate of drug-likeness (QED) is 0.146. The van der Waals surface area contributed by atoms with Crippen LogP contribution in [0.2, 0.25) is 0 Å². The lowest BCUT2D eigenvalue weighted by Gasteiger charge is -2.23. The van der Waals surface area contributed by atoms with Crippen LogP contribution in [0.4, 0.5) is 0 Å². The first-order valence-corrected chi connectivity index (χ1v) is 37.5. The van der Waals surface area contributed by atoms with Crippen molar-refractivity contribution >= 4 is 86.2 Å². The molecule has 0 aliphatic rings. The maximum Gasteiger partial charge on any atom is -0.00263 e. The highest BCUT2D eigenvalue weighted by atomic mass is 14.3. The van der Waals surface area contributed by atoms with Gasteiger partial charge >= 0.3 is 0 Å². The van der Waals surface area contributed by atoms with E-state index in [2.05, 4.69) is 423 Å². The molecule has 0 aliphatic carbocycles. The fraction of sp³-hybridized carbons (Fsp3) is 0.132. The van der Waals surface area contributed by atoms with Crippen LogP contribution in [-0.2, 0) is 10.8 Å². The van der Waals surface area contributed by atoms with E-state index in [0.29, 0.717) is 0 Å². The standard InChI is InChI=1S/C31H28.C28H22.C25H24.C22H18/c1-21-14-16-23(17-15-21)29-25-12-8-9-13-26(25)30(22-10-6-5-7-11-22)28-20-24(31(2,3)4)18-19-27(28)29;1-19-12-15-22(16-13-19)27-23-10-6-7-11-24(23)28(21-8-4-3-5-9-21)26-18-20(2)14-17-25(26)27;1-17-9-11-18(12-10-17)24-22-8-6-5-7-19(22)15-20-16-21(25(2,3)4)13-14-23(20)24;1-15-7-10-17(11-8-15)22-20-6-4-3-5-18(20)14-19-13-16(2)9-12-21(19)22/h5-20H,1-4H3;3-18H,1-2H3;5-16H,1-4H3;3-14H,1-2H3. The molecule has 0 unspecified atom stereocenters. The monoisotopic (exact) mass is 1360 g/mol. The van der Waals surface area contributed by atoms with E-state index in [1.54, 1.807) is 0 Å². The molecular formula is C106H92. The van der Waals surface area contributed by atoms with Crippen LogP contribution >= 0.6 is 0 Å². The zero-order valence-corrected chi connectivity index (χ0v) is 63.3. The van der Waals surface area contributed by atoms with E-state index in [9.17, 15) is 0 Å². The zero-order chi connectivity index (χ0) is 73.4. The Morgan fingerprint density at radius 1 is 0.151 bits per heavy atom. The molecule has 0 heteroatoms. The molecule has 0 saturated heterocycles. The minimum Gasteiger partial charge on any atom is -0.0622 e. The Kier molecular flexibility index (Phi) is 19.3. The van der Waals surface area contributed by atoms with Crippen molar-refractivity contribution in [2.24, 2.45) is 0 Å². The normalized spacial score (nSPS) is 11.6. The largest absolute Gasteiger partial charge is 0.0622 e. The van der Waals surface area contributed by atoms with Crippen molar-refractivity contribution in [1.82, 2.24) is 0 Å². The zero-order valence-electron chi connectivity index (χ0n) is 63.3. The highest BCUT2D eigenvalue weighted by Gasteiger charge is 2.23. The third-order valence-electron chi connectivity index (χ3n) is 21.3. The summed E-state index contributed by atoms with van der Waals surface area (Å²) in [5, 5.41) is 21.0. The lowest BCUT2D eigenvalue weighted by Crippen LogP contribution is -2.10. The van der Waals surface area contributed by atoms with Gasteiger partial charge in [-0.3, -0.25) is 0 Å².